The Balaban J connectivity index is 1.99. The smallest absolute Gasteiger partial charge is 0.231 e. The van der Waals surface area contributed by atoms with E-state index in [-0.39, 0.29) is 24.5 Å². The molecule has 1 unspecified atom stereocenters. The topological polar surface area (TPSA) is 74.2 Å². The van der Waals surface area contributed by atoms with Crippen molar-refractivity contribution >= 4 is 0 Å². The van der Waals surface area contributed by atoms with Gasteiger partial charge in [0.15, 0.2) is 5.82 Å². The summed E-state index contributed by atoms with van der Waals surface area (Å²) in [6.45, 7) is 2.89. The third-order valence-corrected chi connectivity index (χ3v) is 2.82. The fourth-order valence-corrected chi connectivity index (χ4v) is 1.75. The van der Waals surface area contributed by atoms with Gasteiger partial charge in [0.25, 0.3) is 0 Å². The molecule has 0 bridgehead atoms. The highest BCUT2D eigenvalue weighted by Gasteiger charge is 2.16. The van der Waals surface area contributed by atoms with Crippen LogP contribution in [0.3, 0.4) is 0 Å². The molecular formula is C14H17F2N3O2. The summed E-state index contributed by atoms with van der Waals surface area (Å²) >= 11 is 0. The van der Waals surface area contributed by atoms with Crippen LogP contribution in [-0.2, 0) is 11.2 Å². The highest BCUT2D eigenvalue weighted by molar-refractivity contribution is 5.21. The van der Waals surface area contributed by atoms with E-state index in [1.807, 2.05) is 6.92 Å². The van der Waals surface area contributed by atoms with Crippen LogP contribution in [0.2, 0.25) is 0 Å². The molecule has 0 aliphatic heterocycles. The third-order valence-electron chi connectivity index (χ3n) is 2.82. The molecule has 0 radical (unpaired) electrons. The molecular weight excluding hydrogens is 280 g/mol. The van der Waals surface area contributed by atoms with Gasteiger partial charge in [-0.2, -0.15) is 4.98 Å². The third kappa shape index (κ3) is 4.30. The van der Waals surface area contributed by atoms with Crippen LogP contribution in [0.5, 0.6) is 0 Å². The van der Waals surface area contributed by atoms with Crippen molar-refractivity contribution in [1.29, 1.82) is 0 Å². The van der Waals surface area contributed by atoms with Crippen molar-refractivity contribution < 1.29 is 18.0 Å². The fourth-order valence-electron chi connectivity index (χ4n) is 1.75. The molecule has 2 N–H and O–H groups in total. The predicted octanol–water partition coefficient (Wildman–Crippen LogP) is 2.37. The first kappa shape index (κ1) is 15.5. The Labute approximate surface area is 121 Å². The summed E-state index contributed by atoms with van der Waals surface area (Å²) < 4.78 is 36.7. The lowest BCUT2D eigenvalue weighted by molar-refractivity contribution is 0.119. The van der Waals surface area contributed by atoms with E-state index in [0.29, 0.717) is 12.4 Å². The Morgan fingerprint density at radius 3 is 2.90 bits per heavy atom. The van der Waals surface area contributed by atoms with E-state index in [2.05, 4.69) is 10.1 Å². The van der Waals surface area contributed by atoms with E-state index < -0.39 is 17.7 Å². The number of aromatic nitrogens is 2. The van der Waals surface area contributed by atoms with Crippen LogP contribution in [0.25, 0.3) is 0 Å². The van der Waals surface area contributed by atoms with Gasteiger partial charge in [-0.25, -0.2) is 8.78 Å². The Morgan fingerprint density at radius 2 is 2.19 bits per heavy atom. The minimum atomic E-state index is -0.648. The summed E-state index contributed by atoms with van der Waals surface area (Å²) in [5.74, 6) is -0.743. The van der Waals surface area contributed by atoms with E-state index in [9.17, 15) is 8.78 Å². The first-order valence-electron chi connectivity index (χ1n) is 6.70. The van der Waals surface area contributed by atoms with Gasteiger partial charge in [0.2, 0.25) is 5.89 Å². The molecule has 0 fully saturated rings. The van der Waals surface area contributed by atoms with Gasteiger partial charge >= 0.3 is 0 Å². The maximum absolute atomic E-state index is 13.5. The monoisotopic (exact) mass is 297 g/mol. The molecule has 2 aromatic rings. The van der Waals surface area contributed by atoms with Crippen LogP contribution in [-0.4, -0.2) is 23.4 Å². The Hall–Kier alpha value is -1.86. The molecule has 1 heterocycles. The van der Waals surface area contributed by atoms with Gasteiger partial charge in [0, 0.05) is 12.7 Å². The standard InChI is InChI=1S/C14H17F2N3O2/c1-2-5-20-8-12(17)14-18-13(21-19-14)6-9-3-4-10(15)7-11(9)16/h3-4,7,12H,2,5-6,8,17H2,1H3. The highest BCUT2D eigenvalue weighted by atomic mass is 19.1. The largest absolute Gasteiger partial charge is 0.379 e. The molecule has 0 spiro atoms. The molecule has 1 atom stereocenters. The molecule has 5 nitrogen and oxygen atoms in total. The lowest BCUT2D eigenvalue weighted by Gasteiger charge is -2.06. The minimum absolute atomic E-state index is 0.0850. The van der Waals surface area contributed by atoms with Crippen LogP contribution < -0.4 is 5.73 Å². The van der Waals surface area contributed by atoms with Crippen LogP contribution in [0.15, 0.2) is 22.7 Å². The zero-order chi connectivity index (χ0) is 15.2. The first-order valence-corrected chi connectivity index (χ1v) is 6.70. The van der Waals surface area contributed by atoms with Crippen molar-refractivity contribution in [3.63, 3.8) is 0 Å². The molecule has 1 aromatic carbocycles. The summed E-state index contributed by atoms with van der Waals surface area (Å²) in [6.07, 6.45) is 0.982. The van der Waals surface area contributed by atoms with Gasteiger partial charge in [0.1, 0.15) is 11.6 Å². The molecule has 0 saturated heterocycles. The lowest BCUT2D eigenvalue weighted by atomic mass is 10.1. The summed E-state index contributed by atoms with van der Waals surface area (Å²) in [5.41, 5.74) is 6.14. The number of nitrogens with two attached hydrogens (primary N) is 1. The number of halogens is 2. The second-order valence-electron chi connectivity index (χ2n) is 4.64. The molecule has 2 rings (SSSR count). The zero-order valence-electron chi connectivity index (χ0n) is 11.7. The number of hydrogen-bond donors (Lipinski definition) is 1. The second-order valence-corrected chi connectivity index (χ2v) is 4.64. The van der Waals surface area contributed by atoms with Crippen molar-refractivity contribution in [3.05, 3.63) is 47.1 Å². The van der Waals surface area contributed by atoms with Crippen molar-refractivity contribution in [2.75, 3.05) is 13.2 Å². The number of nitrogens with zero attached hydrogens (tertiary/aromatic N) is 2. The Bertz CT molecular complexity index is 589. The van der Waals surface area contributed by atoms with E-state index in [1.165, 1.54) is 12.1 Å². The summed E-state index contributed by atoms with van der Waals surface area (Å²) in [5, 5.41) is 3.75. The van der Waals surface area contributed by atoms with Crippen molar-refractivity contribution in [2.24, 2.45) is 5.73 Å². The molecule has 0 aliphatic rings. The van der Waals surface area contributed by atoms with Crippen molar-refractivity contribution in [1.82, 2.24) is 10.1 Å². The number of ether oxygens (including phenoxy) is 1. The maximum atomic E-state index is 13.5. The zero-order valence-corrected chi connectivity index (χ0v) is 11.7. The molecule has 7 heteroatoms. The predicted molar refractivity (Wildman–Crippen MR) is 71.5 cm³/mol. The van der Waals surface area contributed by atoms with Crippen molar-refractivity contribution in [2.45, 2.75) is 25.8 Å². The van der Waals surface area contributed by atoms with Gasteiger partial charge in [-0.15, -0.1) is 0 Å². The van der Waals surface area contributed by atoms with Gasteiger partial charge in [-0.1, -0.05) is 18.1 Å². The summed E-state index contributed by atoms with van der Waals surface area (Å²) in [4.78, 5) is 4.10. The molecule has 114 valence electrons. The van der Waals surface area contributed by atoms with E-state index in [1.54, 1.807) is 0 Å². The maximum Gasteiger partial charge on any atom is 0.231 e. The van der Waals surface area contributed by atoms with E-state index in [4.69, 9.17) is 15.0 Å². The Kier molecular flexibility index (Phi) is 5.35. The molecule has 1 aromatic heterocycles. The average Bonchev–Trinajstić information content (AvgIpc) is 2.91. The average molecular weight is 297 g/mol. The minimum Gasteiger partial charge on any atom is -0.379 e. The van der Waals surface area contributed by atoms with Gasteiger partial charge < -0.3 is 15.0 Å². The molecule has 21 heavy (non-hydrogen) atoms. The van der Waals surface area contributed by atoms with Crippen LogP contribution in [0.1, 0.15) is 36.7 Å². The fraction of sp³-hybridized carbons (Fsp3) is 0.429. The van der Waals surface area contributed by atoms with Crippen LogP contribution >= 0.6 is 0 Å². The molecule has 0 amide bonds. The first-order chi connectivity index (χ1) is 10.1. The van der Waals surface area contributed by atoms with E-state index in [0.717, 1.165) is 12.5 Å². The van der Waals surface area contributed by atoms with Crippen molar-refractivity contribution in [3.8, 4) is 0 Å². The Morgan fingerprint density at radius 1 is 1.38 bits per heavy atom. The molecule has 0 saturated carbocycles. The summed E-state index contributed by atoms with van der Waals surface area (Å²) in [7, 11) is 0. The van der Waals surface area contributed by atoms with Gasteiger partial charge in [0.05, 0.1) is 19.1 Å². The van der Waals surface area contributed by atoms with E-state index >= 15 is 0 Å². The molecule has 0 aliphatic carbocycles. The normalized spacial score (nSPS) is 12.6. The highest BCUT2D eigenvalue weighted by Crippen LogP contribution is 2.15. The number of benzene rings is 1. The number of hydrogen-bond acceptors (Lipinski definition) is 5. The lowest BCUT2D eigenvalue weighted by Crippen LogP contribution is -2.18. The van der Waals surface area contributed by atoms with Crippen LogP contribution in [0, 0.1) is 11.6 Å². The SMILES string of the molecule is CCCOCC(N)c1noc(Cc2ccc(F)cc2F)n1. The van der Waals surface area contributed by atoms with Crippen LogP contribution in [0.4, 0.5) is 8.78 Å². The quantitative estimate of drug-likeness (QED) is 0.794. The van der Waals surface area contributed by atoms with Gasteiger partial charge in [-0.3, -0.25) is 0 Å². The summed E-state index contributed by atoms with van der Waals surface area (Å²) in [6, 6.07) is 2.85. The number of rotatable bonds is 7. The van der Waals surface area contributed by atoms with Gasteiger partial charge in [-0.05, 0) is 18.1 Å². The second kappa shape index (κ2) is 7.24.